The molecule has 0 aliphatic carbocycles. The van der Waals surface area contributed by atoms with Crippen molar-refractivity contribution in [3.63, 3.8) is 0 Å². The minimum Gasteiger partial charge on any atom is -0.505 e. The van der Waals surface area contributed by atoms with E-state index >= 15 is 0 Å². The highest BCUT2D eigenvalue weighted by Gasteiger charge is 2.09. The molecule has 0 spiro atoms. The maximum absolute atomic E-state index is 9.43. The van der Waals surface area contributed by atoms with Crippen molar-refractivity contribution in [1.82, 2.24) is 4.37 Å². The fourth-order valence-corrected chi connectivity index (χ4v) is 2.36. The topological polar surface area (TPSA) is 59.1 Å². The van der Waals surface area contributed by atoms with Gasteiger partial charge in [0, 0.05) is 11.6 Å². The van der Waals surface area contributed by atoms with Gasteiger partial charge in [0.1, 0.15) is 0 Å². The van der Waals surface area contributed by atoms with E-state index in [2.05, 4.69) is 20.3 Å². The third-order valence-electron chi connectivity index (χ3n) is 1.60. The largest absolute Gasteiger partial charge is 0.505 e. The molecule has 2 aromatic rings. The second-order valence-electron chi connectivity index (χ2n) is 2.37. The number of fused-ring (bicyclic) bond motifs is 1. The van der Waals surface area contributed by atoms with E-state index in [0.717, 1.165) is 10.1 Å². The molecule has 3 N–H and O–H groups in total. The summed E-state index contributed by atoms with van der Waals surface area (Å²) in [4.78, 5) is 0. The Morgan fingerprint density at radius 1 is 1.58 bits per heavy atom. The van der Waals surface area contributed by atoms with Gasteiger partial charge in [-0.3, -0.25) is 0 Å². The Labute approximate surface area is 81.1 Å². The number of hydrogen-bond donors (Lipinski definition) is 2. The van der Waals surface area contributed by atoms with Gasteiger partial charge >= 0.3 is 0 Å². The first kappa shape index (κ1) is 7.82. The van der Waals surface area contributed by atoms with Crippen LogP contribution in [0.15, 0.2) is 16.7 Å². The zero-order chi connectivity index (χ0) is 8.72. The Kier molecular flexibility index (Phi) is 1.69. The summed E-state index contributed by atoms with van der Waals surface area (Å²) < 4.78 is 5.58. The molecule has 12 heavy (non-hydrogen) atoms. The Bertz CT molecular complexity index is 440. The number of phenolic OH excluding ortho intramolecular Hbond substituents is 1. The average molecular weight is 245 g/mol. The number of phenols is 1. The van der Waals surface area contributed by atoms with Gasteiger partial charge in [0.15, 0.2) is 5.75 Å². The number of nitrogens with zero attached hydrogens (tertiary/aromatic N) is 1. The molecule has 0 aliphatic heterocycles. The number of aromatic hydroxyl groups is 1. The van der Waals surface area contributed by atoms with Crippen molar-refractivity contribution in [2.24, 2.45) is 0 Å². The van der Waals surface area contributed by atoms with Gasteiger partial charge in [-0.1, -0.05) is 0 Å². The van der Waals surface area contributed by atoms with E-state index in [0.29, 0.717) is 10.2 Å². The summed E-state index contributed by atoms with van der Waals surface area (Å²) in [5.74, 6) is 0.0858. The molecule has 0 bridgehead atoms. The number of rotatable bonds is 0. The lowest BCUT2D eigenvalue weighted by atomic mass is 10.2. The van der Waals surface area contributed by atoms with Crippen LogP contribution in [-0.2, 0) is 0 Å². The Morgan fingerprint density at radius 2 is 2.33 bits per heavy atom. The Morgan fingerprint density at radius 3 is 3.08 bits per heavy atom. The molecule has 0 radical (unpaired) electrons. The third kappa shape index (κ3) is 0.971. The summed E-state index contributed by atoms with van der Waals surface area (Å²) in [6, 6.07) is 1.72. The van der Waals surface area contributed by atoms with Crippen LogP contribution in [-0.4, -0.2) is 9.48 Å². The first-order valence-electron chi connectivity index (χ1n) is 3.21. The van der Waals surface area contributed by atoms with Crippen molar-refractivity contribution in [1.29, 1.82) is 0 Å². The number of nitrogen functional groups attached to an aromatic ring is 1. The van der Waals surface area contributed by atoms with E-state index < -0.39 is 0 Å². The van der Waals surface area contributed by atoms with Crippen LogP contribution in [0.4, 0.5) is 5.69 Å². The maximum atomic E-state index is 9.43. The molecule has 0 unspecified atom stereocenters. The van der Waals surface area contributed by atoms with E-state index in [1.807, 2.05) is 0 Å². The number of hydrogen-bond acceptors (Lipinski definition) is 4. The van der Waals surface area contributed by atoms with Crippen LogP contribution in [0.3, 0.4) is 0 Å². The Hall–Kier alpha value is -0.810. The molecular formula is C7H5BrN2OS. The number of halogens is 1. The maximum Gasteiger partial charge on any atom is 0.153 e. The van der Waals surface area contributed by atoms with Crippen LogP contribution in [0.25, 0.3) is 10.1 Å². The van der Waals surface area contributed by atoms with Crippen LogP contribution in [0.1, 0.15) is 0 Å². The smallest absolute Gasteiger partial charge is 0.153 e. The third-order valence-corrected chi connectivity index (χ3v) is 3.15. The minimum atomic E-state index is 0.0858. The zero-order valence-corrected chi connectivity index (χ0v) is 8.32. The minimum absolute atomic E-state index is 0.0858. The van der Waals surface area contributed by atoms with Crippen molar-refractivity contribution in [2.75, 3.05) is 5.73 Å². The molecule has 0 amide bonds. The molecule has 1 aromatic carbocycles. The summed E-state index contributed by atoms with van der Waals surface area (Å²) in [5, 5.41) is 10.3. The molecule has 0 aliphatic rings. The van der Waals surface area contributed by atoms with Gasteiger partial charge in [-0.25, -0.2) is 0 Å². The van der Waals surface area contributed by atoms with E-state index in [9.17, 15) is 5.11 Å². The average Bonchev–Trinajstić information content (AvgIpc) is 2.48. The van der Waals surface area contributed by atoms with Crippen molar-refractivity contribution >= 4 is 43.2 Å². The molecule has 3 nitrogen and oxygen atoms in total. The van der Waals surface area contributed by atoms with Crippen molar-refractivity contribution in [2.45, 2.75) is 0 Å². The lowest BCUT2D eigenvalue weighted by Crippen LogP contribution is -1.85. The van der Waals surface area contributed by atoms with Gasteiger partial charge in [-0.15, -0.1) is 0 Å². The monoisotopic (exact) mass is 244 g/mol. The molecule has 1 aromatic heterocycles. The molecule has 1 heterocycles. The number of benzene rings is 1. The molecule has 0 fully saturated rings. The number of aromatic nitrogens is 1. The first-order valence-corrected chi connectivity index (χ1v) is 4.78. The van der Waals surface area contributed by atoms with Gasteiger partial charge in [-0.2, -0.15) is 4.37 Å². The molecule has 2 rings (SSSR count). The predicted octanol–water partition coefficient (Wildman–Crippen LogP) is 2.35. The SMILES string of the molecule is Nc1cc2sncc2c(Br)c1O. The molecule has 0 saturated carbocycles. The van der Waals surface area contributed by atoms with Crippen LogP contribution < -0.4 is 5.73 Å². The highest BCUT2D eigenvalue weighted by Crippen LogP contribution is 2.38. The van der Waals surface area contributed by atoms with E-state index in [-0.39, 0.29) is 5.75 Å². The quantitative estimate of drug-likeness (QED) is 0.553. The second kappa shape index (κ2) is 2.60. The van der Waals surface area contributed by atoms with Gasteiger partial charge < -0.3 is 10.8 Å². The van der Waals surface area contributed by atoms with Crippen molar-refractivity contribution < 1.29 is 5.11 Å². The van der Waals surface area contributed by atoms with Crippen LogP contribution in [0.2, 0.25) is 0 Å². The fourth-order valence-electron chi connectivity index (χ4n) is 0.981. The Balaban J connectivity index is 2.94. The van der Waals surface area contributed by atoms with Gasteiger partial charge in [-0.05, 0) is 33.5 Å². The zero-order valence-electron chi connectivity index (χ0n) is 5.91. The van der Waals surface area contributed by atoms with E-state index in [1.54, 1.807) is 12.3 Å². The number of anilines is 1. The summed E-state index contributed by atoms with van der Waals surface area (Å²) >= 11 is 4.60. The van der Waals surface area contributed by atoms with Gasteiger partial charge in [0.05, 0.1) is 14.9 Å². The summed E-state index contributed by atoms with van der Waals surface area (Å²) in [6.07, 6.45) is 1.70. The molecule has 5 heteroatoms. The summed E-state index contributed by atoms with van der Waals surface area (Å²) in [7, 11) is 0. The standard InChI is InChI=1S/C7H5BrN2OS/c8-6-3-2-10-12-5(3)1-4(9)7(6)11/h1-2,11H,9H2. The predicted molar refractivity (Wildman–Crippen MR) is 53.4 cm³/mol. The van der Waals surface area contributed by atoms with Crippen LogP contribution >= 0.6 is 27.5 Å². The van der Waals surface area contributed by atoms with Crippen LogP contribution in [0, 0.1) is 0 Å². The molecule has 0 saturated heterocycles. The normalized spacial score (nSPS) is 10.8. The van der Waals surface area contributed by atoms with Crippen molar-refractivity contribution in [3.8, 4) is 5.75 Å². The summed E-state index contributed by atoms with van der Waals surface area (Å²) in [6.45, 7) is 0. The van der Waals surface area contributed by atoms with Gasteiger partial charge in [0.2, 0.25) is 0 Å². The highest BCUT2D eigenvalue weighted by atomic mass is 79.9. The van der Waals surface area contributed by atoms with Crippen molar-refractivity contribution in [3.05, 3.63) is 16.7 Å². The van der Waals surface area contributed by atoms with Crippen LogP contribution in [0.5, 0.6) is 5.75 Å². The number of nitrogens with two attached hydrogens (primary N) is 1. The molecular weight excluding hydrogens is 240 g/mol. The first-order chi connectivity index (χ1) is 5.70. The molecule has 0 atom stereocenters. The molecule has 62 valence electrons. The second-order valence-corrected chi connectivity index (χ2v) is 3.99. The fraction of sp³-hybridized carbons (Fsp3) is 0. The van der Waals surface area contributed by atoms with E-state index in [1.165, 1.54) is 11.5 Å². The summed E-state index contributed by atoms with van der Waals surface area (Å²) in [5.41, 5.74) is 5.92. The lowest BCUT2D eigenvalue weighted by Gasteiger charge is -2.01. The van der Waals surface area contributed by atoms with E-state index in [4.69, 9.17) is 5.73 Å². The highest BCUT2D eigenvalue weighted by molar-refractivity contribution is 9.10. The van der Waals surface area contributed by atoms with Gasteiger partial charge in [0.25, 0.3) is 0 Å². The lowest BCUT2D eigenvalue weighted by molar-refractivity contribution is 0.475.